The van der Waals surface area contributed by atoms with Crippen molar-refractivity contribution in [2.75, 3.05) is 38.6 Å². The Morgan fingerprint density at radius 2 is 1.59 bits per heavy atom. The maximum absolute atomic E-state index is 13.3. The van der Waals surface area contributed by atoms with Gasteiger partial charge in [0.1, 0.15) is 5.82 Å². The van der Waals surface area contributed by atoms with Crippen LogP contribution in [0.2, 0.25) is 0 Å². The quantitative estimate of drug-likeness (QED) is 0.221. The van der Waals surface area contributed by atoms with Crippen molar-refractivity contribution in [2.45, 2.75) is 39.7 Å². The van der Waals surface area contributed by atoms with Crippen molar-refractivity contribution in [3.63, 3.8) is 0 Å². The molecule has 0 spiro atoms. The van der Waals surface area contributed by atoms with E-state index in [-0.39, 0.29) is 11.7 Å². The first-order valence-corrected chi connectivity index (χ1v) is 14.5. The molecule has 0 unspecified atom stereocenters. The van der Waals surface area contributed by atoms with Crippen molar-refractivity contribution in [1.82, 2.24) is 14.4 Å². The Morgan fingerprint density at radius 3 is 2.33 bits per heavy atom. The molecule has 1 amide bonds. The molecule has 4 aromatic rings. The number of carbonyl (C=O) groups is 1. The van der Waals surface area contributed by atoms with Crippen LogP contribution in [0.1, 0.15) is 44.7 Å². The Labute approximate surface area is 236 Å². The fourth-order valence-electron chi connectivity index (χ4n) is 5.66. The number of halogens is 2. The van der Waals surface area contributed by atoms with Gasteiger partial charge in [0.05, 0.1) is 0 Å². The van der Waals surface area contributed by atoms with E-state index in [1.807, 2.05) is 29.2 Å². The van der Waals surface area contributed by atoms with Crippen LogP contribution in [0.15, 0.2) is 66.7 Å². The lowest BCUT2D eigenvalue weighted by Crippen LogP contribution is -2.49. The smallest absolute Gasteiger partial charge is 0.253 e. The van der Waals surface area contributed by atoms with Gasteiger partial charge in [-0.25, -0.2) is 4.39 Å². The number of alkyl halides is 1. The molecule has 204 valence electrons. The highest BCUT2D eigenvalue weighted by atomic mass is 35.5. The molecule has 0 N–H and O–H groups in total. The maximum Gasteiger partial charge on any atom is 0.253 e. The van der Waals surface area contributed by atoms with Gasteiger partial charge in [-0.3, -0.25) is 9.69 Å². The average molecular weight is 546 g/mol. The van der Waals surface area contributed by atoms with E-state index in [1.165, 1.54) is 39.9 Å². The van der Waals surface area contributed by atoms with E-state index < -0.39 is 0 Å². The number of hydrogen-bond donors (Lipinski definition) is 0. The van der Waals surface area contributed by atoms with Crippen LogP contribution in [-0.2, 0) is 19.4 Å². The summed E-state index contributed by atoms with van der Waals surface area (Å²) in [5.41, 5.74) is 8.18. The molecule has 4 nitrogen and oxygen atoms in total. The molecule has 0 radical (unpaired) electrons. The van der Waals surface area contributed by atoms with Gasteiger partial charge in [-0.05, 0) is 91.8 Å². The molecule has 6 heteroatoms. The van der Waals surface area contributed by atoms with Crippen LogP contribution in [0.3, 0.4) is 0 Å². The highest BCUT2D eigenvalue weighted by Crippen LogP contribution is 2.28. The molecule has 5 rings (SSSR count). The molecule has 1 fully saturated rings. The first kappa shape index (κ1) is 27.4. The number of aryl methyl sites for hydroxylation is 2. The fourth-order valence-corrected chi connectivity index (χ4v) is 5.78. The summed E-state index contributed by atoms with van der Waals surface area (Å²) in [6.07, 6.45) is 2.64. The Balaban J connectivity index is 1.20. The second-order valence-corrected chi connectivity index (χ2v) is 11.0. The molecule has 1 aliphatic rings. The maximum atomic E-state index is 13.3. The summed E-state index contributed by atoms with van der Waals surface area (Å²) < 4.78 is 15.5. The van der Waals surface area contributed by atoms with Gasteiger partial charge in [0.2, 0.25) is 0 Å². The molecule has 1 aliphatic heterocycles. The lowest BCUT2D eigenvalue weighted by Gasteiger charge is -2.34. The van der Waals surface area contributed by atoms with Gasteiger partial charge in [0.15, 0.2) is 0 Å². The van der Waals surface area contributed by atoms with Crippen LogP contribution in [-0.4, -0.2) is 58.9 Å². The number of benzene rings is 3. The second kappa shape index (κ2) is 12.4. The third-order valence-electron chi connectivity index (χ3n) is 8.09. The van der Waals surface area contributed by atoms with Crippen LogP contribution >= 0.6 is 11.6 Å². The first-order chi connectivity index (χ1) is 18.9. The van der Waals surface area contributed by atoms with Crippen molar-refractivity contribution in [2.24, 2.45) is 0 Å². The van der Waals surface area contributed by atoms with Crippen molar-refractivity contribution in [1.29, 1.82) is 0 Å². The standard InChI is InChI=1S/C33H37ClFN3O/c1-24-25(2)38(15-4-14-34)32-12-9-28(23-31(24)32)21-27-5-3-6-29(22-27)33(39)37-19-17-36(18-20-37)16-13-26-7-10-30(35)11-8-26/h3,5-12,22-23H,4,13-21H2,1-2H3. The van der Waals surface area contributed by atoms with Gasteiger partial charge in [-0.15, -0.1) is 11.6 Å². The largest absolute Gasteiger partial charge is 0.345 e. The molecule has 1 saturated heterocycles. The third-order valence-corrected chi connectivity index (χ3v) is 8.36. The molecule has 0 atom stereocenters. The summed E-state index contributed by atoms with van der Waals surface area (Å²) in [5.74, 6) is 0.571. The summed E-state index contributed by atoms with van der Waals surface area (Å²) >= 11 is 5.95. The lowest BCUT2D eigenvalue weighted by atomic mass is 10.0. The minimum atomic E-state index is -0.199. The third kappa shape index (κ3) is 6.37. The zero-order valence-electron chi connectivity index (χ0n) is 22.9. The number of carbonyl (C=O) groups excluding carboxylic acids is 1. The SMILES string of the molecule is Cc1c(C)n(CCCCl)c2ccc(Cc3cccc(C(=O)N4CCN(CCc5ccc(F)cc5)CC4)c3)cc12. The van der Waals surface area contributed by atoms with E-state index in [9.17, 15) is 9.18 Å². The molecule has 2 heterocycles. The lowest BCUT2D eigenvalue weighted by molar-refractivity contribution is 0.0638. The van der Waals surface area contributed by atoms with Crippen LogP contribution in [0.4, 0.5) is 4.39 Å². The van der Waals surface area contributed by atoms with Gasteiger partial charge in [0.25, 0.3) is 5.91 Å². The molecule has 1 aromatic heterocycles. The predicted octanol–water partition coefficient (Wildman–Crippen LogP) is 6.62. The topological polar surface area (TPSA) is 28.5 Å². The number of fused-ring (bicyclic) bond motifs is 1. The van der Waals surface area contributed by atoms with Crippen LogP contribution < -0.4 is 0 Å². The van der Waals surface area contributed by atoms with Crippen molar-refractivity contribution < 1.29 is 9.18 Å². The van der Waals surface area contributed by atoms with Gasteiger partial charge in [-0.1, -0.05) is 30.3 Å². The van der Waals surface area contributed by atoms with Crippen molar-refractivity contribution in [3.05, 3.63) is 106 Å². The number of nitrogens with zero attached hydrogens (tertiary/aromatic N) is 3. The summed E-state index contributed by atoms with van der Waals surface area (Å²) in [6.45, 7) is 9.40. The highest BCUT2D eigenvalue weighted by molar-refractivity contribution is 6.17. The molecule has 0 saturated carbocycles. The number of aromatic nitrogens is 1. The first-order valence-electron chi connectivity index (χ1n) is 13.9. The number of hydrogen-bond acceptors (Lipinski definition) is 2. The normalized spacial score (nSPS) is 14.3. The number of amides is 1. The summed E-state index contributed by atoms with van der Waals surface area (Å²) in [4.78, 5) is 17.7. The van der Waals surface area contributed by atoms with Crippen LogP contribution in [0.5, 0.6) is 0 Å². The van der Waals surface area contributed by atoms with E-state index in [1.54, 1.807) is 0 Å². The molecule has 0 bridgehead atoms. The molecular weight excluding hydrogens is 509 g/mol. The zero-order valence-corrected chi connectivity index (χ0v) is 23.7. The van der Waals surface area contributed by atoms with Gasteiger partial charge in [-0.2, -0.15) is 0 Å². The van der Waals surface area contributed by atoms with Gasteiger partial charge in [0, 0.05) is 67.3 Å². The zero-order chi connectivity index (χ0) is 27.4. The Morgan fingerprint density at radius 1 is 0.872 bits per heavy atom. The van der Waals surface area contributed by atoms with Gasteiger partial charge >= 0.3 is 0 Å². The van der Waals surface area contributed by atoms with Gasteiger partial charge < -0.3 is 9.47 Å². The van der Waals surface area contributed by atoms with Crippen molar-refractivity contribution in [3.8, 4) is 0 Å². The minimum absolute atomic E-state index is 0.105. The predicted molar refractivity (Wildman–Crippen MR) is 158 cm³/mol. The second-order valence-electron chi connectivity index (χ2n) is 10.6. The van der Waals surface area contributed by atoms with E-state index >= 15 is 0 Å². The van der Waals surface area contributed by atoms with E-state index in [0.717, 1.165) is 75.2 Å². The Hall–Kier alpha value is -3.15. The summed E-state index contributed by atoms with van der Waals surface area (Å²) in [5, 5.41) is 1.30. The number of rotatable bonds is 9. The summed E-state index contributed by atoms with van der Waals surface area (Å²) in [6, 6.07) is 21.6. The van der Waals surface area contributed by atoms with E-state index in [2.05, 4.69) is 53.6 Å². The minimum Gasteiger partial charge on any atom is -0.345 e. The van der Waals surface area contributed by atoms with E-state index in [4.69, 9.17) is 11.6 Å². The average Bonchev–Trinajstić information content (AvgIpc) is 3.20. The van der Waals surface area contributed by atoms with Crippen molar-refractivity contribution >= 4 is 28.4 Å². The van der Waals surface area contributed by atoms with Crippen LogP contribution in [0.25, 0.3) is 10.9 Å². The summed E-state index contributed by atoms with van der Waals surface area (Å²) in [7, 11) is 0. The Bertz CT molecular complexity index is 1440. The molecule has 0 aliphatic carbocycles. The van der Waals surface area contributed by atoms with Crippen LogP contribution in [0, 0.1) is 19.7 Å². The fraction of sp³-hybridized carbons (Fsp3) is 0.364. The molecule has 39 heavy (non-hydrogen) atoms. The Kier molecular flexibility index (Phi) is 8.69. The number of piperazine rings is 1. The monoisotopic (exact) mass is 545 g/mol. The van der Waals surface area contributed by atoms with E-state index in [0.29, 0.717) is 5.88 Å². The molecular formula is C33H37ClFN3O. The molecule has 3 aromatic carbocycles. The highest BCUT2D eigenvalue weighted by Gasteiger charge is 2.22.